The van der Waals surface area contributed by atoms with E-state index in [0.717, 1.165) is 18.4 Å². The summed E-state index contributed by atoms with van der Waals surface area (Å²) in [6.45, 7) is 5.44. The maximum Gasteiger partial charge on any atom is 0.261 e. The molecule has 3 rings (SSSR count). The number of amides is 1. The van der Waals surface area contributed by atoms with Crippen LogP contribution in [0.1, 0.15) is 31.7 Å². The number of hydrogen-bond donors (Lipinski definition) is 1. The highest BCUT2D eigenvalue weighted by Crippen LogP contribution is 2.23. The molecule has 174 valence electrons. The zero-order chi connectivity index (χ0) is 23.1. The summed E-state index contributed by atoms with van der Waals surface area (Å²) in [5, 5.41) is 3.45. The normalized spacial score (nSPS) is 15.3. The van der Waals surface area contributed by atoms with Crippen molar-refractivity contribution in [3.8, 4) is 11.5 Å². The average molecular weight is 481 g/mol. The third kappa shape index (κ3) is 6.15. The molecule has 1 aliphatic heterocycles. The van der Waals surface area contributed by atoms with Gasteiger partial charge in [-0.05, 0) is 74.2 Å². The summed E-state index contributed by atoms with van der Waals surface area (Å²) in [6, 6.07) is 11.6. The maximum atomic E-state index is 12.6. The maximum absolute atomic E-state index is 12.6. The third-order valence-corrected chi connectivity index (χ3v) is 7.60. The average Bonchev–Trinajstić information content (AvgIpc) is 3.33. The van der Waals surface area contributed by atoms with Gasteiger partial charge in [-0.2, -0.15) is 4.31 Å². The molecule has 1 N–H and O–H groups in total. The van der Waals surface area contributed by atoms with Gasteiger partial charge in [-0.25, -0.2) is 8.42 Å². The zero-order valence-electron chi connectivity index (χ0n) is 18.3. The number of aryl methyl sites for hydroxylation is 1. The molecule has 1 atom stereocenters. The number of nitrogens with one attached hydrogen (secondary N) is 1. The van der Waals surface area contributed by atoms with Crippen molar-refractivity contribution in [1.82, 2.24) is 9.62 Å². The number of carbonyl (C=O) groups excluding carboxylic acids is 1. The van der Waals surface area contributed by atoms with E-state index in [2.05, 4.69) is 5.32 Å². The molecule has 2 aromatic carbocycles. The van der Waals surface area contributed by atoms with E-state index < -0.39 is 16.1 Å². The predicted octanol–water partition coefficient (Wildman–Crippen LogP) is 3.79. The van der Waals surface area contributed by atoms with Gasteiger partial charge >= 0.3 is 0 Å². The minimum Gasteiger partial charge on any atom is -0.492 e. The van der Waals surface area contributed by atoms with Crippen molar-refractivity contribution in [2.45, 2.75) is 44.1 Å². The van der Waals surface area contributed by atoms with Gasteiger partial charge in [0.25, 0.3) is 5.91 Å². The van der Waals surface area contributed by atoms with E-state index in [0.29, 0.717) is 42.6 Å². The molecule has 32 heavy (non-hydrogen) atoms. The molecule has 0 unspecified atom stereocenters. The Balaban J connectivity index is 1.45. The van der Waals surface area contributed by atoms with Crippen LogP contribution in [-0.4, -0.2) is 51.0 Å². The van der Waals surface area contributed by atoms with Crippen molar-refractivity contribution in [2.75, 3.05) is 26.2 Å². The van der Waals surface area contributed by atoms with E-state index in [-0.39, 0.29) is 17.4 Å². The molecule has 2 aromatic rings. The fraction of sp³-hybridized carbons (Fsp3) is 0.435. The van der Waals surface area contributed by atoms with Crippen LogP contribution in [0.4, 0.5) is 0 Å². The highest BCUT2D eigenvalue weighted by atomic mass is 35.5. The van der Waals surface area contributed by atoms with Gasteiger partial charge in [0.15, 0.2) is 6.10 Å². The summed E-state index contributed by atoms with van der Waals surface area (Å²) in [5.74, 6) is 0.907. The fourth-order valence-electron chi connectivity index (χ4n) is 3.42. The molecular formula is C23H29ClN2O5S. The lowest BCUT2D eigenvalue weighted by Crippen LogP contribution is -2.39. The first kappa shape index (κ1) is 24.4. The van der Waals surface area contributed by atoms with E-state index in [1.807, 2.05) is 13.8 Å². The van der Waals surface area contributed by atoms with Crippen molar-refractivity contribution in [3.05, 3.63) is 53.1 Å². The van der Waals surface area contributed by atoms with Crippen LogP contribution in [0.15, 0.2) is 47.4 Å². The van der Waals surface area contributed by atoms with Crippen molar-refractivity contribution in [1.29, 1.82) is 0 Å². The van der Waals surface area contributed by atoms with Crippen LogP contribution in [0.25, 0.3) is 0 Å². The number of hydrogen-bond acceptors (Lipinski definition) is 5. The van der Waals surface area contributed by atoms with Crippen LogP contribution in [0, 0.1) is 6.92 Å². The van der Waals surface area contributed by atoms with Crippen molar-refractivity contribution in [2.24, 2.45) is 0 Å². The molecule has 1 fully saturated rings. The van der Waals surface area contributed by atoms with Gasteiger partial charge in [0.1, 0.15) is 18.1 Å². The SMILES string of the molecule is CC[C@H](Oc1ccc(Cl)c(C)c1)C(=O)NCCOc1ccc(S(=O)(=O)N2CCCC2)cc1. The molecule has 0 aromatic heterocycles. The second-order valence-corrected chi connectivity index (χ2v) is 9.99. The number of rotatable bonds is 10. The molecule has 0 bridgehead atoms. The molecule has 1 amide bonds. The van der Waals surface area contributed by atoms with E-state index >= 15 is 0 Å². The highest BCUT2D eigenvalue weighted by molar-refractivity contribution is 7.89. The van der Waals surface area contributed by atoms with Crippen molar-refractivity contribution >= 4 is 27.5 Å². The molecule has 0 aliphatic carbocycles. The number of carbonyl (C=O) groups is 1. The van der Waals surface area contributed by atoms with Gasteiger partial charge in [-0.3, -0.25) is 4.79 Å². The van der Waals surface area contributed by atoms with Gasteiger partial charge in [-0.1, -0.05) is 18.5 Å². The summed E-state index contributed by atoms with van der Waals surface area (Å²) in [6.07, 6.45) is 1.69. The van der Waals surface area contributed by atoms with Gasteiger partial charge in [0.05, 0.1) is 11.4 Å². The Morgan fingerprint density at radius 2 is 1.78 bits per heavy atom. The molecule has 0 spiro atoms. The van der Waals surface area contributed by atoms with Crippen LogP contribution in [0.5, 0.6) is 11.5 Å². The Hall–Kier alpha value is -2.29. The lowest BCUT2D eigenvalue weighted by Gasteiger charge is -2.18. The van der Waals surface area contributed by atoms with Gasteiger partial charge < -0.3 is 14.8 Å². The predicted molar refractivity (Wildman–Crippen MR) is 124 cm³/mol. The van der Waals surface area contributed by atoms with E-state index in [1.54, 1.807) is 42.5 Å². The van der Waals surface area contributed by atoms with Gasteiger partial charge in [0, 0.05) is 18.1 Å². The molecule has 1 aliphatic rings. The van der Waals surface area contributed by atoms with Crippen LogP contribution < -0.4 is 14.8 Å². The molecule has 0 saturated carbocycles. The number of benzene rings is 2. The molecule has 9 heteroatoms. The largest absolute Gasteiger partial charge is 0.492 e. The Morgan fingerprint density at radius 3 is 2.41 bits per heavy atom. The van der Waals surface area contributed by atoms with Crippen molar-refractivity contribution in [3.63, 3.8) is 0 Å². The van der Waals surface area contributed by atoms with Crippen LogP contribution in [0.2, 0.25) is 5.02 Å². The lowest BCUT2D eigenvalue weighted by molar-refractivity contribution is -0.128. The smallest absolute Gasteiger partial charge is 0.261 e. The Bertz CT molecular complexity index is 1020. The summed E-state index contributed by atoms with van der Waals surface area (Å²) in [4.78, 5) is 12.7. The monoisotopic (exact) mass is 480 g/mol. The summed E-state index contributed by atoms with van der Waals surface area (Å²) in [7, 11) is -3.44. The van der Waals surface area contributed by atoms with Gasteiger partial charge in [0.2, 0.25) is 10.0 Å². The molecule has 1 saturated heterocycles. The zero-order valence-corrected chi connectivity index (χ0v) is 19.9. The Morgan fingerprint density at radius 1 is 1.12 bits per heavy atom. The van der Waals surface area contributed by atoms with Gasteiger partial charge in [-0.15, -0.1) is 0 Å². The molecule has 1 heterocycles. The molecular weight excluding hydrogens is 452 g/mol. The second-order valence-electron chi connectivity index (χ2n) is 7.65. The van der Waals surface area contributed by atoms with E-state index in [1.165, 1.54) is 4.31 Å². The minimum atomic E-state index is -3.44. The van der Waals surface area contributed by atoms with Crippen LogP contribution in [-0.2, 0) is 14.8 Å². The number of sulfonamides is 1. The molecule has 0 radical (unpaired) electrons. The topological polar surface area (TPSA) is 84.9 Å². The first-order valence-corrected chi connectivity index (χ1v) is 12.6. The highest BCUT2D eigenvalue weighted by Gasteiger charge is 2.27. The van der Waals surface area contributed by atoms with Crippen molar-refractivity contribution < 1.29 is 22.7 Å². The van der Waals surface area contributed by atoms with E-state index in [9.17, 15) is 13.2 Å². The number of ether oxygens (including phenoxy) is 2. The third-order valence-electron chi connectivity index (χ3n) is 5.27. The summed E-state index contributed by atoms with van der Waals surface area (Å²) in [5.41, 5.74) is 0.882. The number of nitrogens with zero attached hydrogens (tertiary/aromatic N) is 1. The summed E-state index contributed by atoms with van der Waals surface area (Å²) < 4.78 is 38.1. The summed E-state index contributed by atoms with van der Waals surface area (Å²) >= 11 is 6.03. The molecule has 7 nitrogen and oxygen atoms in total. The minimum absolute atomic E-state index is 0.226. The Kier molecular flexibility index (Phi) is 8.39. The van der Waals surface area contributed by atoms with E-state index in [4.69, 9.17) is 21.1 Å². The lowest BCUT2D eigenvalue weighted by atomic mass is 10.2. The number of halogens is 1. The first-order chi connectivity index (χ1) is 15.3. The second kappa shape index (κ2) is 11.0. The standard InChI is InChI=1S/C23H29ClN2O5S/c1-3-22(31-19-8-11-21(24)17(2)16-19)23(27)25-12-15-30-18-6-9-20(10-7-18)32(28,29)26-13-4-5-14-26/h6-11,16,22H,3-5,12-15H2,1-2H3,(H,25,27)/t22-/m0/s1. The van der Waals surface area contributed by atoms with Crippen LogP contribution >= 0.6 is 11.6 Å². The quantitative estimate of drug-likeness (QED) is 0.523. The van der Waals surface area contributed by atoms with Crippen LogP contribution in [0.3, 0.4) is 0 Å². The fourth-order valence-corrected chi connectivity index (χ4v) is 5.05. The first-order valence-electron chi connectivity index (χ1n) is 10.7. The Labute approximate surface area is 194 Å².